The number of ether oxygens (including phenoxy) is 2. The Hall–Kier alpha value is -2.68. The van der Waals surface area contributed by atoms with E-state index >= 15 is 0 Å². The zero-order chi connectivity index (χ0) is 20.6. The van der Waals surface area contributed by atoms with Gasteiger partial charge in [-0.25, -0.2) is 4.79 Å². The summed E-state index contributed by atoms with van der Waals surface area (Å²) in [6.45, 7) is 6.13. The summed E-state index contributed by atoms with van der Waals surface area (Å²) in [5.41, 5.74) is -0.403. The topological polar surface area (TPSA) is 76.7 Å². The molecule has 1 aliphatic carbocycles. The summed E-state index contributed by atoms with van der Waals surface area (Å²) in [7, 11) is 0. The van der Waals surface area contributed by atoms with Gasteiger partial charge in [0.1, 0.15) is 23.5 Å². The van der Waals surface area contributed by atoms with Crippen LogP contribution >= 0.6 is 0 Å². The Morgan fingerprint density at radius 3 is 2.39 bits per heavy atom. The quantitative estimate of drug-likeness (QED) is 0.706. The largest absolute Gasteiger partial charge is 0.481 e. The van der Waals surface area contributed by atoms with Crippen LogP contribution in [0.1, 0.15) is 52.0 Å². The van der Waals surface area contributed by atoms with Crippen LogP contribution in [0.25, 0.3) is 0 Å². The number of hydrogen-bond donors (Lipinski definition) is 2. The monoisotopic (exact) mass is 386 g/mol. The molecule has 2 rings (SSSR count). The Labute approximate surface area is 167 Å². The second kappa shape index (κ2) is 9.50. The minimum atomic E-state index is -0.880. The molecule has 6 nitrogen and oxygen atoms in total. The Balaban J connectivity index is 1.87. The Kier molecular flexibility index (Phi) is 7.33. The molecule has 1 saturated carbocycles. The van der Waals surface area contributed by atoms with Crippen molar-refractivity contribution in [3.63, 3.8) is 0 Å². The summed E-state index contributed by atoms with van der Waals surface area (Å²) in [5, 5.41) is 5.78. The van der Waals surface area contributed by atoms with Gasteiger partial charge in [-0.15, -0.1) is 6.42 Å². The van der Waals surface area contributed by atoms with E-state index in [1.807, 2.05) is 24.3 Å². The molecule has 6 heteroatoms. The molecule has 0 heterocycles. The van der Waals surface area contributed by atoms with E-state index in [1.54, 1.807) is 20.8 Å². The maximum absolute atomic E-state index is 12.8. The van der Waals surface area contributed by atoms with Crippen LogP contribution in [0, 0.1) is 12.3 Å². The fraction of sp³-hybridized carbons (Fsp3) is 0.545. The first-order chi connectivity index (χ1) is 13.2. The molecule has 0 spiro atoms. The number of benzene rings is 1. The van der Waals surface area contributed by atoms with Crippen molar-refractivity contribution in [1.29, 1.82) is 0 Å². The van der Waals surface area contributed by atoms with E-state index in [2.05, 4.69) is 16.6 Å². The average Bonchev–Trinajstić information content (AvgIpc) is 3.09. The standard InChI is InChI=1S/C22H30N2O4/c1-5-16-27-18-10-8-17(9-11-18)12-15-23-19(25)22(13-6-7-14-22)24-20(26)28-21(2,3)4/h1,8-11H,6-7,12-16H2,2-4H3,(H,23,25)(H,24,26). The highest BCUT2D eigenvalue weighted by Gasteiger charge is 2.43. The Bertz CT molecular complexity index is 708. The minimum Gasteiger partial charge on any atom is -0.481 e. The second-order valence-corrected chi connectivity index (χ2v) is 8.06. The van der Waals surface area contributed by atoms with Crippen molar-refractivity contribution in [1.82, 2.24) is 10.6 Å². The van der Waals surface area contributed by atoms with Crippen LogP contribution in [0.4, 0.5) is 4.79 Å². The van der Waals surface area contributed by atoms with Crippen molar-refractivity contribution < 1.29 is 19.1 Å². The van der Waals surface area contributed by atoms with E-state index in [9.17, 15) is 9.59 Å². The molecule has 1 fully saturated rings. The van der Waals surface area contributed by atoms with Gasteiger partial charge in [0.05, 0.1) is 0 Å². The third-order valence-electron chi connectivity index (χ3n) is 4.58. The number of hydrogen-bond acceptors (Lipinski definition) is 4. The molecule has 0 aromatic heterocycles. The predicted molar refractivity (Wildman–Crippen MR) is 108 cm³/mol. The van der Waals surface area contributed by atoms with Crippen molar-refractivity contribution in [2.24, 2.45) is 0 Å². The van der Waals surface area contributed by atoms with Crippen LogP contribution < -0.4 is 15.4 Å². The molecule has 1 aliphatic rings. The Morgan fingerprint density at radius 1 is 1.18 bits per heavy atom. The molecule has 1 aromatic carbocycles. The van der Waals surface area contributed by atoms with Crippen molar-refractivity contribution in [3.05, 3.63) is 29.8 Å². The van der Waals surface area contributed by atoms with Crippen molar-refractivity contribution in [2.75, 3.05) is 13.2 Å². The third-order valence-corrected chi connectivity index (χ3v) is 4.58. The highest BCUT2D eigenvalue weighted by atomic mass is 16.6. The van der Waals surface area contributed by atoms with Crippen molar-refractivity contribution in [3.8, 4) is 18.1 Å². The van der Waals surface area contributed by atoms with Crippen LogP contribution in [0.3, 0.4) is 0 Å². The SMILES string of the molecule is C#CCOc1ccc(CCNC(=O)C2(NC(=O)OC(C)(C)C)CCCC2)cc1. The van der Waals surface area contributed by atoms with Crippen LogP contribution in [-0.2, 0) is 16.0 Å². The molecule has 0 atom stereocenters. The number of amides is 2. The fourth-order valence-corrected chi connectivity index (χ4v) is 3.25. The smallest absolute Gasteiger partial charge is 0.408 e. The Morgan fingerprint density at radius 2 is 1.82 bits per heavy atom. The van der Waals surface area contributed by atoms with Gasteiger partial charge < -0.3 is 20.1 Å². The summed E-state index contributed by atoms with van der Waals surface area (Å²) in [6, 6.07) is 7.61. The normalized spacial score (nSPS) is 15.4. The van der Waals surface area contributed by atoms with Crippen LogP contribution in [0.2, 0.25) is 0 Å². The van der Waals surface area contributed by atoms with E-state index in [0.717, 1.165) is 24.2 Å². The maximum atomic E-state index is 12.8. The lowest BCUT2D eigenvalue weighted by Crippen LogP contribution is -2.58. The number of alkyl carbamates (subject to hydrolysis) is 1. The van der Waals surface area contributed by atoms with Gasteiger partial charge in [-0.3, -0.25) is 4.79 Å². The van der Waals surface area contributed by atoms with E-state index in [-0.39, 0.29) is 12.5 Å². The lowest BCUT2D eigenvalue weighted by atomic mass is 9.96. The molecule has 2 N–H and O–H groups in total. The lowest BCUT2D eigenvalue weighted by molar-refractivity contribution is -0.127. The van der Waals surface area contributed by atoms with Gasteiger partial charge >= 0.3 is 6.09 Å². The van der Waals surface area contributed by atoms with Crippen LogP contribution in [0.15, 0.2) is 24.3 Å². The van der Waals surface area contributed by atoms with E-state index in [1.165, 1.54) is 0 Å². The van der Waals surface area contributed by atoms with Gasteiger partial charge in [-0.1, -0.05) is 30.9 Å². The fourth-order valence-electron chi connectivity index (χ4n) is 3.25. The number of nitrogens with one attached hydrogen (secondary N) is 2. The highest BCUT2D eigenvalue weighted by Crippen LogP contribution is 2.30. The highest BCUT2D eigenvalue weighted by molar-refractivity contribution is 5.90. The molecular weight excluding hydrogens is 356 g/mol. The minimum absolute atomic E-state index is 0.148. The molecule has 152 valence electrons. The number of terminal acetylenes is 1. The summed E-state index contributed by atoms with van der Waals surface area (Å²) in [6.07, 6.45) is 8.37. The van der Waals surface area contributed by atoms with E-state index < -0.39 is 17.2 Å². The molecular formula is C22H30N2O4. The first-order valence-corrected chi connectivity index (χ1v) is 9.69. The predicted octanol–water partition coefficient (Wildman–Crippen LogP) is 3.19. The third kappa shape index (κ3) is 6.49. The lowest BCUT2D eigenvalue weighted by Gasteiger charge is -2.30. The van der Waals surface area contributed by atoms with Gasteiger partial charge in [-0.2, -0.15) is 0 Å². The van der Waals surface area contributed by atoms with Crippen molar-refractivity contribution in [2.45, 2.75) is 64.0 Å². The maximum Gasteiger partial charge on any atom is 0.408 e. The van der Waals surface area contributed by atoms with Gasteiger partial charge in [0, 0.05) is 6.54 Å². The summed E-state index contributed by atoms with van der Waals surface area (Å²) >= 11 is 0. The second-order valence-electron chi connectivity index (χ2n) is 8.06. The zero-order valence-corrected chi connectivity index (χ0v) is 17.0. The van der Waals surface area contributed by atoms with Crippen LogP contribution in [-0.4, -0.2) is 36.3 Å². The van der Waals surface area contributed by atoms with E-state index in [4.69, 9.17) is 15.9 Å². The van der Waals surface area contributed by atoms with Gasteiger partial charge in [0.25, 0.3) is 0 Å². The number of carbonyl (C=O) groups is 2. The van der Waals surface area contributed by atoms with Gasteiger partial charge in [0.15, 0.2) is 0 Å². The molecule has 0 saturated heterocycles. The first kappa shape index (κ1) is 21.6. The summed E-state index contributed by atoms with van der Waals surface area (Å²) < 4.78 is 10.7. The number of carbonyl (C=O) groups excluding carboxylic acids is 2. The molecule has 0 radical (unpaired) electrons. The summed E-state index contributed by atoms with van der Waals surface area (Å²) in [4.78, 5) is 25.0. The summed E-state index contributed by atoms with van der Waals surface area (Å²) in [5.74, 6) is 3.00. The molecule has 0 unspecified atom stereocenters. The molecule has 0 bridgehead atoms. The molecule has 28 heavy (non-hydrogen) atoms. The van der Waals surface area contributed by atoms with Crippen LogP contribution in [0.5, 0.6) is 5.75 Å². The average molecular weight is 386 g/mol. The van der Waals surface area contributed by atoms with Gasteiger partial charge in [0.2, 0.25) is 5.91 Å². The molecule has 2 amide bonds. The first-order valence-electron chi connectivity index (χ1n) is 9.69. The van der Waals surface area contributed by atoms with Crippen molar-refractivity contribution >= 4 is 12.0 Å². The van der Waals surface area contributed by atoms with E-state index in [0.29, 0.717) is 25.8 Å². The molecule has 1 aromatic rings. The van der Waals surface area contributed by atoms with Gasteiger partial charge in [-0.05, 0) is 57.7 Å². The zero-order valence-electron chi connectivity index (χ0n) is 17.0. The number of rotatable bonds is 7. The molecule has 0 aliphatic heterocycles.